The maximum Gasteiger partial charge on any atom is 0.270 e. The third-order valence-corrected chi connectivity index (χ3v) is 3.38. The fraction of sp³-hybridized carbons (Fsp3) is 0.333. The van der Waals surface area contributed by atoms with Gasteiger partial charge in [0.25, 0.3) is 5.69 Å². The molecule has 22 heavy (non-hydrogen) atoms. The number of nitrogens with one attached hydrogen (secondary N) is 1. The fourth-order valence-electron chi connectivity index (χ4n) is 2.21. The van der Waals surface area contributed by atoms with Crippen molar-refractivity contribution in [3.63, 3.8) is 0 Å². The fourth-order valence-corrected chi connectivity index (χ4v) is 2.21. The molecule has 1 aromatic rings. The summed E-state index contributed by atoms with van der Waals surface area (Å²) < 4.78 is 0. The maximum absolute atomic E-state index is 11.8. The molecule has 1 fully saturated rings. The molecule has 7 heteroatoms. The van der Waals surface area contributed by atoms with E-state index in [4.69, 9.17) is 0 Å². The Labute approximate surface area is 127 Å². The number of hydrogen-bond donors (Lipinski definition) is 1. The number of nitro benzene ring substituents is 1. The number of non-ortho nitro benzene ring substituents is 1. The number of carbonyl (C=O) groups excluding carboxylic acids is 2. The van der Waals surface area contributed by atoms with Gasteiger partial charge >= 0.3 is 0 Å². The molecule has 0 radical (unpaired) electrons. The van der Waals surface area contributed by atoms with Crippen molar-refractivity contribution >= 4 is 23.6 Å². The lowest BCUT2D eigenvalue weighted by Crippen LogP contribution is -2.38. The van der Waals surface area contributed by atoms with Gasteiger partial charge in [0.05, 0.1) is 11.5 Å². The molecule has 0 bridgehead atoms. The molecule has 1 aromatic carbocycles. The van der Waals surface area contributed by atoms with Crippen molar-refractivity contribution in [2.75, 3.05) is 19.6 Å². The first-order valence-corrected chi connectivity index (χ1v) is 7.04. The van der Waals surface area contributed by atoms with E-state index in [9.17, 15) is 19.7 Å². The number of likely N-dealkylation sites (tertiary alicyclic amines) is 1. The highest BCUT2D eigenvalue weighted by Gasteiger charge is 2.17. The van der Waals surface area contributed by atoms with Crippen molar-refractivity contribution in [1.29, 1.82) is 0 Å². The van der Waals surface area contributed by atoms with E-state index in [1.807, 2.05) is 0 Å². The van der Waals surface area contributed by atoms with Crippen LogP contribution >= 0.6 is 0 Å². The number of nitro groups is 1. The van der Waals surface area contributed by atoms with Gasteiger partial charge in [0.1, 0.15) is 0 Å². The predicted molar refractivity (Wildman–Crippen MR) is 81.0 cm³/mol. The summed E-state index contributed by atoms with van der Waals surface area (Å²) in [5.41, 5.74) is 0.516. The zero-order chi connectivity index (χ0) is 15.9. The van der Waals surface area contributed by atoms with Gasteiger partial charge in [-0.25, -0.2) is 0 Å². The van der Waals surface area contributed by atoms with Crippen LogP contribution in [-0.4, -0.2) is 41.3 Å². The molecule has 0 saturated carbocycles. The lowest BCUT2D eigenvalue weighted by molar-refractivity contribution is -0.384. The van der Waals surface area contributed by atoms with E-state index < -0.39 is 10.8 Å². The largest absolute Gasteiger partial charge is 0.343 e. The molecular weight excluding hydrogens is 286 g/mol. The molecule has 2 amide bonds. The second kappa shape index (κ2) is 7.35. The summed E-state index contributed by atoms with van der Waals surface area (Å²) in [6, 6.07) is 5.96. The highest BCUT2D eigenvalue weighted by Crippen LogP contribution is 2.14. The van der Waals surface area contributed by atoms with Crippen LogP contribution in [0.4, 0.5) is 5.69 Å². The summed E-state index contributed by atoms with van der Waals surface area (Å²) in [5, 5.41) is 13.2. The standard InChI is InChI=1S/C15H17N3O4/c19-14(16-11-15(20)17-8-1-2-9-17)7-6-12-4-3-5-13(10-12)18(21)22/h3-7,10H,1-2,8-9,11H2,(H,16,19)/b7-6+. The van der Waals surface area contributed by atoms with Gasteiger partial charge in [-0.3, -0.25) is 19.7 Å². The monoisotopic (exact) mass is 303 g/mol. The zero-order valence-electron chi connectivity index (χ0n) is 12.0. The normalized spacial score (nSPS) is 14.3. The summed E-state index contributed by atoms with van der Waals surface area (Å²) in [7, 11) is 0. The highest BCUT2D eigenvalue weighted by atomic mass is 16.6. The van der Waals surface area contributed by atoms with Crippen molar-refractivity contribution in [2.24, 2.45) is 0 Å². The summed E-state index contributed by atoms with van der Waals surface area (Å²) in [4.78, 5) is 35.3. The quantitative estimate of drug-likeness (QED) is 0.505. The van der Waals surface area contributed by atoms with Gasteiger partial charge in [0.2, 0.25) is 11.8 Å². The Hall–Kier alpha value is -2.70. The van der Waals surface area contributed by atoms with Crippen LogP contribution in [0.15, 0.2) is 30.3 Å². The number of nitrogens with zero attached hydrogens (tertiary/aromatic N) is 2. The summed E-state index contributed by atoms with van der Waals surface area (Å²) in [6.45, 7) is 1.47. The minimum absolute atomic E-state index is 0.0297. The average molecular weight is 303 g/mol. The topological polar surface area (TPSA) is 92.5 Å². The van der Waals surface area contributed by atoms with E-state index in [0.717, 1.165) is 25.9 Å². The Morgan fingerprint density at radius 2 is 2.05 bits per heavy atom. The van der Waals surface area contributed by atoms with Crippen molar-refractivity contribution < 1.29 is 14.5 Å². The van der Waals surface area contributed by atoms with Crippen LogP contribution in [0.5, 0.6) is 0 Å². The van der Waals surface area contributed by atoms with E-state index in [2.05, 4.69) is 5.32 Å². The summed E-state index contributed by atoms with van der Waals surface area (Å²) in [5.74, 6) is -0.492. The second-order valence-corrected chi connectivity index (χ2v) is 4.99. The van der Waals surface area contributed by atoms with Gasteiger partial charge in [-0.05, 0) is 24.5 Å². The van der Waals surface area contributed by atoms with Crippen LogP contribution in [-0.2, 0) is 9.59 Å². The highest BCUT2D eigenvalue weighted by molar-refractivity contribution is 5.94. The van der Waals surface area contributed by atoms with Gasteiger partial charge in [0, 0.05) is 31.3 Å². The van der Waals surface area contributed by atoms with Crippen LogP contribution in [0.3, 0.4) is 0 Å². The second-order valence-electron chi connectivity index (χ2n) is 4.99. The molecule has 0 atom stereocenters. The smallest absolute Gasteiger partial charge is 0.270 e. The first-order chi connectivity index (χ1) is 10.6. The molecule has 7 nitrogen and oxygen atoms in total. The van der Waals surface area contributed by atoms with Crippen molar-refractivity contribution in [2.45, 2.75) is 12.8 Å². The Kier molecular flexibility index (Phi) is 5.24. The van der Waals surface area contributed by atoms with Gasteiger partial charge in [0.15, 0.2) is 0 Å². The Morgan fingerprint density at radius 1 is 1.32 bits per heavy atom. The molecule has 1 N–H and O–H groups in total. The molecular formula is C15H17N3O4. The van der Waals surface area contributed by atoms with E-state index in [0.29, 0.717) is 5.56 Å². The average Bonchev–Trinajstić information content (AvgIpc) is 3.05. The number of carbonyl (C=O) groups is 2. The third kappa shape index (κ3) is 4.41. The Bertz CT molecular complexity index is 607. The minimum atomic E-state index is -0.494. The molecule has 116 valence electrons. The Balaban J connectivity index is 1.84. The van der Waals surface area contributed by atoms with Crippen LogP contribution < -0.4 is 5.32 Å². The van der Waals surface area contributed by atoms with Crippen LogP contribution in [0.2, 0.25) is 0 Å². The minimum Gasteiger partial charge on any atom is -0.343 e. The Morgan fingerprint density at radius 3 is 2.73 bits per heavy atom. The molecule has 1 aliphatic heterocycles. The number of amides is 2. The van der Waals surface area contributed by atoms with Crippen molar-refractivity contribution in [3.05, 3.63) is 46.0 Å². The number of rotatable bonds is 5. The van der Waals surface area contributed by atoms with Crippen molar-refractivity contribution in [1.82, 2.24) is 10.2 Å². The van der Waals surface area contributed by atoms with Gasteiger partial charge in [-0.15, -0.1) is 0 Å². The molecule has 1 heterocycles. The lowest BCUT2D eigenvalue weighted by atomic mass is 10.2. The number of hydrogen-bond acceptors (Lipinski definition) is 4. The molecule has 1 aliphatic rings. The first kappa shape index (κ1) is 15.7. The van der Waals surface area contributed by atoms with Crippen LogP contribution in [0.25, 0.3) is 6.08 Å². The van der Waals surface area contributed by atoms with E-state index in [1.54, 1.807) is 17.0 Å². The SMILES string of the molecule is O=C(/C=C/c1cccc([N+](=O)[O-])c1)NCC(=O)N1CCCC1. The molecule has 0 spiro atoms. The summed E-state index contributed by atoms with van der Waals surface area (Å²) >= 11 is 0. The third-order valence-electron chi connectivity index (χ3n) is 3.38. The van der Waals surface area contributed by atoms with Gasteiger partial charge in [-0.2, -0.15) is 0 Å². The van der Waals surface area contributed by atoms with Gasteiger partial charge in [-0.1, -0.05) is 12.1 Å². The molecule has 2 rings (SSSR count). The van der Waals surface area contributed by atoms with Crippen LogP contribution in [0.1, 0.15) is 18.4 Å². The molecule has 0 unspecified atom stereocenters. The zero-order valence-corrected chi connectivity index (χ0v) is 12.0. The van der Waals surface area contributed by atoms with Crippen molar-refractivity contribution in [3.8, 4) is 0 Å². The van der Waals surface area contributed by atoms with E-state index >= 15 is 0 Å². The van der Waals surface area contributed by atoms with E-state index in [-0.39, 0.29) is 18.1 Å². The molecule has 1 saturated heterocycles. The summed E-state index contributed by atoms with van der Waals surface area (Å²) in [6.07, 6.45) is 4.75. The number of benzene rings is 1. The molecule has 0 aromatic heterocycles. The molecule has 0 aliphatic carbocycles. The lowest BCUT2D eigenvalue weighted by Gasteiger charge is -2.14. The van der Waals surface area contributed by atoms with Gasteiger partial charge < -0.3 is 10.2 Å². The van der Waals surface area contributed by atoms with E-state index in [1.165, 1.54) is 24.3 Å². The first-order valence-electron chi connectivity index (χ1n) is 7.04. The van der Waals surface area contributed by atoms with Crippen LogP contribution in [0, 0.1) is 10.1 Å². The maximum atomic E-state index is 11.8. The predicted octanol–water partition coefficient (Wildman–Crippen LogP) is 1.35.